The van der Waals surface area contributed by atoms with Crippen LogP contribution in [0.2, 0.25) is 0 Å². The van der Waals surface area contributed by atoms with Gasteiger partial charge in [-0.05, 0) is 25.1 Å². The van der Waals surface area contributed by atoms with Crippen LogP contribution < -0.4 is 11.1 Å². The van der Waals surface area contributed by atoms with Crippen molar-refractivity contribution in [2.75, 3.05) is 11.9 Å². The van der Waals surface area contributed by atoms with Crippen LogP contribution in [0.25, 0.3) is 0 Å². The first kappa shape index (κ1) is 13.5. The van der Waals surface area contributed by atoms with Gasteiger partial charge in [0.2, 0.25) is 0 Å². The molecule has 102 valence electrons. The number of anilines is 1. The molecule has 0 aliphatic heterocycles. The first-order valence-corrected chi connectivity index (χ1v) is 6.34. The monoisotopic (exact) mass is 260 g/mol. The number of aromatic nitrogens is 2. The molecule has 0 atom stereocenters. The first-order valence-electron chi connectivity index (χ1n) is 6.34. The van der Waals surface area contributed by atoms with Crippen molar-refractivity contribution in [3.05, 3.63) is 41.7 Å². The number of hydrogen-bond donors (Lipinski definition) is 2. The zero-order chi connectivity index (χ0) is 13.9. The van der Waals surface area contributed by atoms with Crippen LogP contribution in [0.3, 0.4) is 0 Å². The summed E-state index contributed by atoms with van der Waals surface area (Å²) in [5.74, 6) is 3.31. The molecule has 0 saturated heterocycles. The summed E-state index contributed by atoms with van der Waals surface area (Å²) in [7, 11) is 0. The predicted molar refractivity (Wildman–Crippen MR) is 74.9 cm³/mol. The second kappa shape index (κ2) is 5.40. The van der Waals surface area contributed by atoms with Gasteiger partial charge in [-0.2, -0.15) is 0 Å². The Labute approximate surface area is 113 Å². The van der Waals surface area contributed by atoms with Crippen LogP contribution in [0, 0.1) is 6.92 Å². The van der Waals surface area contributed by atoms with Crippen LogP contribution in [0.5, 0.6) is 0 Å². The fourth-order valence-corrected chi connectivity index (χ4v) is 1.79. The summed E-state index contributed by atoms with van der Waals surface area (Å²) in [4.78, 5) is 8.38. The van der Waals surface area contributed by atoms with E-state index in [0.29, 0.717) is 12.4 Å². The molecule has 2 aromatic rings. The Balaban J connectivity index is 2.04. The molecule has 5 heteroatoms. The van der Waals surface area contributed by atoms with E-state index in [4.69, 9.17) is 10.2 Å². The molecule has 0 radical (unpaired) electrons. The summed E-state index contributed by atoms with van der Waals surface area (Å²) in [6.07, 6.45) is 1.71. The molecule has 0 aliphatic carbocycles. The number of furan rings is 1. The average molecular weight is 260 g/mol. The zero-order valence-electron chi connectivity index (χ0n) is 11.6. The van der Waals surface area contributed by atoms with Crippen molar-refractivity contribution in [2.24, 2.45) is 5.73 Å². The molecule has 0 bridgehead atoms. The molecule has 3 N–H and O–H groups in total. The average Bonchev–Trinajstić information content (AvgIpc) is 2.84. The lowest BCUT2D eigenvalue weighted by molar-refractivity contribution is 0.385. The van der Waals surface area contributed by atoms with E-state index in [9.17, 15) is 0 Å². The largest absolute Gasteiger partial charge is 0.466 e. The van der Waals surface area contributed by atoms with Gasteiger partial charge in [0.1, 0.15) is 23.2 Å². The number of hydrogen-bond acceptors (Lipinski definition) is 5. The Morgan fingerprint density at radius 1 is 1.32 bits per heavy atom. The topological polar surface area (TPSA) is 77.0 Å². The highest BCUT2D eigenvalue weighted by Crippen LogP contribution is 2.25. The van der Waals surface area contributed by atoms with Gasteiger partial charge in [-0.1, -0.05) is 13.8 Å². The molecule has 5 nitrogen and oxygen atoms in total. The van der Waals surface area contributed by atoms with E-state index < -0.39 is 0 Å². The van der Waals surface area contributed by atoms with E-state index in [1.165, 1.54) is 0 Å². The van der Waals surface area contributed by atoms with Gasteiger partial charge in [0.15, 0.2) is 0 Å². The van der Waals surface area contributed by atoms with Gasteiger partial charge in [-0.15, -0.1) is 0 Å². The molecular formula is C14H20N4O. The minimum atomic E-state index is -0.109. The molecule has 19 heavy (non-hydrogen) atoms. The molecule has 2 aromatic heterocycles. The summed E-state index contributed by atoms with van der Waals surface area (Å²) >= 11 is 0. The van der Waals surface area contributed by atoms with Crippen LogP contribution in [0.15, 0.2) is 28.8 Å². The van der Waals surface area contributed by atoms with Gasteiger partial charge in [0.05, 0.1) is 6.54 Å². The van der Waals surface area contributed by atoms with Crippen molar-refractivity contribution in [1.29, 1.82) is 0 Å². The summed E-state index contributed by atoms with van der Waals surface area (Å²) in [5.41, 5.74) is 5.42. The van der Waals surface area contributed by atoms with E-state index >= 15 is 0 Å². The van der Waals surface area contributed by atoms with Crippen molar-refractivity contribution >= 4 is 5.82 Å². The van der Waals surface area contributed by atoms with Gasteiger partial charge in [0, 0.05) is 18.2 Å². The molecule has 0 fully saturated rings. The van der Waals surface area contributed by atoms with Gasteiger partial charge >= 0.3 is 0 Å². The maximum Gasteiger partial charge on any atom is 0.144 e. The predicted octanol–water partition coefficient (Wildman–Crippen LogP) is 2.23. The van der Waals surface area contributed by atoms with Crippen molar-refractivity contribution in [1.82, 2.24) is 9.97 Å². The normalized spacial score (nSPS) is 11.6. The van der Waals surface area contributed by atoms with E-state index in [1.54, 1.807) is 6.20 Å². The fraction of sp³-hybridized carbons (Fsp3) is 0.429. The molecule has 2 heterocycles. The third-order valence-corrected chi connectivity index (χ3v) is 3.01. The Morgan fingerprint density at radius 2 is 2.11 bits per heavy atom. The Morgan fingerprint density at radius 3 is 2.74 bits per heavy atom. The summed E-state index contributed by atoms with van der Waals surface area (Å²) in [6, 6.07) is 5.83. The molecule has 0 aromatic carbocycles. The van der Waals surface area contributed by atoms with Crippen LogP contribution in [0.1, 0.15) is 31.2 Å². The molecular weight excluding hydrogens is 240 g/mol. The molecule has 0 saturated carbocycles. The molecule has 0 unspecified atom stereocenters. The maximum absolute atomic E-state index is 5.69. The van der Waals surface area contributed by atoms with Crippen molar-refractivity contribution in [3.63, 3.8) is 0 Å². The number of nitrogens with zero attached hydrogens (tertiary/aromatic N) is 2. The summed E-state index contributed by atoms with van der Waals surface area (Å²) < 4.78 is 5.69. The lowest BCUT2D eigenvalue weighted by Gasteiger charge is -2.22. The summed E-state index contributed by atoms with van der Waals surface area (Å²) in [6.45, 7) is 7.27. The third-order valence-electron chi connectivity index (χ3n) is 3.01. The number of nitrogens with two attached hydrogens (primary N) is 1. The highest BCUT2D eigenvalue weighted by molar-refractivity contribution is 5.34. The lowest BCUT2D eigenvalue weighted by atomic mass is 9.90. The maximum atomic E-state index is 5.69. The lowest BCUT2D eigenvalue weighted by Crippen LogP contribution is -2.27. The molecule has 0 spiro atoms. The Bertz CT molecular complexity index is 548. The quantitative estimate of drug-likeness (QED) is 0.862. The fourth-order valence-electron chi connectivity index (χ4n) is 1.79. The highest BCUT2D eigenvalue weighted by Gasteiger charge is 2.24. The number of aryl methyl sites for hydroxylation is 1. The van der Waals surface area contributed by atoms with Crippen LogP contribution in [-0.4, -0.2) is 16.5 Å². The molecule has 0 aliphatic rings. The van der Waals surface area contributed by atoms with Crippen molar-refractivity contribution in [2.45, 2.75) is 32.7 Å². The zero-order valence-corrected chi connectivity index (χ0v) is 11.6. The summed E-state index contributed by atoms with van der Waals surface area (Å²) in [5, 5.41) is 3.30. The standard InChI is InChI=1S/C14H20N4O/c1-10-4-5-11(19-10)14(2,3)9-17-12-6-7-16-13(8-15)18-12/h4-7H,8-9,15H2,1-3H3,(H,16,17,18). The molecule has 0 amide bonds. The number of rotatable bonds is 5. The Hall–Kier alpha value is -1.88. The third kappa shape index (κ3) is 3.32. The van der Waals surface area contributed by atoms with Gasteiger partial charge < -0.3 is 15.5 Å². The van der Waals surface area contributed by atoms with Gasteiger partial charge in [0.25, 0.3) is 0 Å². The van der Waals surface area contributed by atoms with Crippen LogP contribution in [-0.2, 0) is 12.0 Å². The van der Waals surface area contributed by atoms with E-state index in [1.807, 2.05) is 25.1 Å². The second-order valence-electron chi connectivity index (χ2n) is 5.21. The Kier molecular flexibility index (Phi) is 3.85. The van der Waals surface area contributed by atoms with Crippen molar-refractivity contribution in [3.8, 4) is 0 Å². The van der Waals surface area contributed by atoms with E-state index in [2.05, 4.69) is 29.1 Å². The van der Waals surface area contributed by atoms with Gasteiger partial charge in [-0.25, -0.2) is 9.97 Å². The highest BCUT2D eigenvalue weighted by atomic mass is 16.3. The van der Waals surface area contributed by atoms with E-state index in [-0.39, 0.29) is 5.41 Å². The van der Waals surface area contributed by atoms with Gasteiger partial charge in [-0.3, -0.25) is 0 Å². The minimum absolute atomic E-state index is 0.109. The smallest absolute Gasteiger partial charge is 0.144 e. The van der Waals surface area contributed by atoms with E-state index in [0.717, 1.165) is 23.9 Å². The van der Waals surface area contributed by atoms with Crippen LogP contribution >= 0.6 is 0 Å². The first-order chi connectivity index (χ1) is 9.01. The van der Waals surface area contributed by atoms with Crippen LogP contribution in [0.4, 0.5) is 5.82 Å². The molecule has 2 rings (SSSR count). The second-order valence-corrected chi connectivity index (χ2v) is 5.21. The SMILES string of the molecule is Cc1ccc(C(C)(C)CNc2ccnc(CN)n2)o1. The van der Waals surface area contributed by atoms with Crippen molar-refractivity contribution < 1.29 is 4.42 Å². The number of nitrogens with one attached hydrogen (secondary N) is 1. The minimum Gasteiger partial charge on any atom is -0.466 e.